The highest BCUT2D eigenvalue weighted by Crippen LogP contribution is 2.41. The van der Waals surface area contributed by atoms with E-state index in [1.165, 1.54) is 25.8 Å². The van der Waals surface area contributed by atoms with E-state index in [4.69, 9.17) is 0 Å². The molecule has 70 valence electrons. The molecule has 1 heterocycles. The van der Waals surface area contributed by atoms with Crippen molar-refractivity contribution >= 4 is 0 Å². The maximum Gasteiger partial charge on any atom is 0.0653 e. The molecule has 1 aliphatic heterocycles. The van der Waals surface area contributed by atoms with Crippen LogP contribution in [0.4, 0.5) is 0 Å². The summed E-state index contributed by atoms with van der Waals surface area (Å²) in [7, 11) is 0. The van der Waals surface area contributed by atoms with Crippen molar-refractivity contribution in [3.63, 3.8) is 0 Å². The van der Waals surface area contributed by atoms with Crippen LogP contribution in [0.15, 0.2) is 0 Å². The van der Waals surface area contributed by atoms with Gasteiger partial charge in [-0.05, 0) is 51.1 Å². The zero-order valence-electron chi connectivity index (χ0n) is 7.68. The summed E-state index contributed by atoms with van der Waals surface area (Å²) in [6.07, 6.45) is 7.10. The summed E-state index contributed by atoms with van der Waals surface area (Å²) >= 11 is 0. The van der Waals surface area contributed by atoms with Crippen LogP contribution in [0.5, 0.6) is 0 Å². The molecule has 1 aliphatic carbocycles. The molecule has 0 amide bonds. The fourth-order valence-corrected chi connectivity index (χ4v) is 2.15. The van der Waals surface area contributed by atoms with E-state index in [1.807, 2.05) is 0 Å². The first-order valence-electron chi connectivity index (χ1n) is 5.22. The fourth-order valence-electron chi connectivity index (χ4n) is 2.15. The van der Waals surface area contributed by atoms with Crippen LogP contribution in [0.2, 0.25) is 0 Å². The lowest BCUT2D eigenvalue weighted by Gasteiger charge is -2.17. The van der Waals surface area contributed by atoms with Crippen molar-refractivity contribution in [1.82, 2.24) is 5.32 Å². The van der Waals surface area contributed by atoms with E-state index in [0.717, 1.165) is 31.7 Å². The van der Waals surface area contributed by atoms with E-state index in [0.29, 0.717) is 0 Å². The molecule has 0 aromatic rings. The van der Waals surface area contributed by atoms with Crippen LogP contribution < -0.4 is 5.32 Å². The summed E-state index contributed by atoms with van der Waals surface area (Å²) in [6.45, 7) is 2.30. The van der Waals surface area contributed by atoms with E-state index in [9.17, 15) is 5.11 Å². The molecule has 1 unspecified atom stereocenters. The average molecular weight is 169 g/mol. The molecule has 1 saturated carbocycles. The van der Waals surface area contributed by atoms with Crippen molar-refractivity contribution in [1.29, 1.82) is 0 Å². The zero-order chi connectivity index (χ0) is 8.44. The fraction of sp³-hybridized carbons (Fsp3) is 1.00. The summed E-state index contributed by atoms with van der Waals surface area (Å²) in [5.74, 6) is 0.736. The largest absolute Gasteiger partial charge is 0.390 e. The Kier molecular flexibility index (Phi) is 2.37. The molecule has 2 rings (SSSR count). The molecule has 1 atom stereocenters. The molecule has 0 radical (unpaired) electrons. The molecule has 2 nitrogen and oxygen atoms in total. The maximum absolute atomic E-state index is 9.75. The Hall–Kier alpha value is -0.0800. The van der Waals surface area contributed by atoms with Gasteiger partial charge in [-0.1, -0.05) is 6.42 Å². The van der Waals surface area contributed by atoms with Gasteiger partial charge in [0, 0.05) is 0 Å². The number of hydrogen-bond acceptors (Lipinski definition) is 2. The summed E-state index contributed by atoms with van der Waals surface area (Å²) in [6, 6.07) is 0. The highest BCUT2D eigenvalue weighted by Gasteiger charge is 2.41. The van der Waals surface area contributed by atoms with Crippen LogP contribution in [0.25, 0.3) is 0 Å². The van der Waals surface area contributed by atoms with Crippen LogP contribution in [0.1, 0.15) is 38.5 Å². The van der Waals surface area contributed by atoms with Gasteiger partial charge in [-0.15, -0.1) is 0 Å². The lowest BCUT2D eigenvalue weighted by atomic mass is 9.95. The molecular weight excluding hydrogens is 150 g/mol. The topological polar surface area (TPSA) is 32.3 Å². The Morgan fingerprint density at radius 2 is 2.17 bits per heavy atom. The molecule has 0 aromatic heterocycles. The third-order valence-electron chi connectivity index (χ3n) is 3.14. The van der Waals surface area contributed by atoms with Crippen LogP contribution in [0, 0.1) is 5.92 Å². The predicted octanol–water partition coefficient (Wildman–Crippen LogP) is 1.29. The first-order valence-corrected chi connectivity index (χ1v) is 5.22. The van der Waals surface area contributed by atoms with Crippen LogP contribution in [-0.4, -0.2) is 23.8 Å². The lowest BCUT2D eigenvalue weighted by Crippen LogP contribution is -2.24. The number of rotatable bonds is 2. The van der Waals surface area contributed by atoms with Crippen molar-refractivity contribution in [2.45, 2.75) is 44.1 Å². The highest BCUT2D eigenvalue weighted by atomic mass is 16.3. The Morgan fingerprint density at radius 1 is 1.33 bits per heavy atom. The molecule has 2 fully saturated rings. The second kappa shape index (κ2) is 3.35. The number of hydrogen-bond donors (Lipinski definition) is 2. The Bertz CT molecular complexity index is 146. The van der Waals surface area contributed by atoms with Gasteiger partial charge in [0.05, 0.1) is 5.60 Å². The SMILES string of the molecule is OC1(CC2CCCCNC2)CC1. The Labute approximate surface area is 74.4 Å². The van der Waals surface area contributed by atoms with E-state index in [1.54, 1.807) is 0 Å². The smallest absolute Gasteiger partial charge is 0.0653 e. The molecule has 2 heteroatoms. The molecule has 0 bridgehead atoms. The van der Waals surface area contributed by atoms with Gasteiger partial charge in [0.2, 0.25) is 0 Å². The minimum absolute atomic E-state index is 0.239. The van der Waals surface area contributed by atoms with Crippen molar-refractivity contribution in [3.05, 3.63) is 0 Å². The minimum Gasteiger partial charge on any atom is -0.390 e. The van der Waals surface area contributed by atoms with Crippen molar-refractivity contribution in [2.75, 3.05) is 13.1 Å². The summed E-state index contributed by atoms with van der Waals surface area (Å²) < 4.78 is 0. The van der Waals surface area contributed by atoms with Gasteiger partial charge in [-0.2, -0.15) is 0 Å². The van der Waals surface area contributed by atoms with Gasteiger partial charge >= 0.3 is 0 Å². The van der Waals surface area contributed by atoms with Gasteiger partial charge < -0.3 is 10.4 Å². The van der Waals surface area contributed by atoms with E-state index < -0.39 is 0 Å². The van der Waals surface area contributed by atoms with Crippen LogP contribution in [0.3, 0.4) is 0 Å². The molecule has 2 N–H and O–H groups in total. The third-order valence-corrected chi connectivity index (χ3v) is 3.14. The van der Waals surface area contributed by atoms with Crippen molar-refractivity contribution < 1.29 is 5.11 Å². The van der Waals surface area contributed by atoms with Gasteiger partial charge in [-0.3, -0.25) is 0 Å². The normalized spacial score (nSPS) is 34.2. The number of nitrogens with one attached hydrogen (secondary N) is 1. The van der Waals surface area contributed by atoms with Crippen LogP contribution in [-0.2, 0) is 0 Å². The minimum atomic E-state index is -0.239. The molecule has 12 heavy (non-hydrogen) atoms. The van der Waals surface area contributed by atoms with Crippen LogP contribution >= 0.6 is 0 Å². The molecule has 1 saturated heterocycles. The quantitative estimate of drug-likeness (QED) is 0.653. The van der Waals surface area contributed by atoms with Gasteiger partial charge in [0.15, 0.2) is 0 Å². The predicted molar refractivity (Wildman–Crippen MR) is 49.0 cm³/mol. The van der Waals surface area contributed by atoms with Crippen molar-refractivity contribution in [3.8, 4) is 0 Å². The maximum atomic E-state index is 9.75. The monoisotopic (exact) mass is 169 g/mol. The third kappa shape index (κ3) is 2.20. The average Bonchev–Trinajstić information content (AvgIpc) is 2.78. The molecule has 0 spiro atoms. The Balaban J connectivity index is 1.77. The number of aliphatic hydroxyl groups is 1. The molecule has 0 aromatic carbocycles. The zero-order valence-corrected chi connectivity index (χ0v) is 7.68. The second-order valence-electron chi connectivity index (χ2n) is 4.49. The first kappa shape index (κ1) is 8.52. The van der Waals surface area contributed by atoms with E-state index in [2.05, 4.69) is 5.32 Å². The van der Waals surface area contributed by atoms with Gasteiger partial charge in [0.25, 0.3) is 0 Å². The summed E-state index contributed by atoms with van der Waals surface area (Å²) in [5, 5.41) is 13.2. The van der Waals surface area contributed by atoms with Gasteiger partial charge in [0.1, 0.15) is 0 Å². The second-order valence-corrected chi connectivity index (χ2v) is 4.49. The Morgan fingerprint density at radius 3 is 2.92 bits per heavy atom. The van der Waals surface area contributed by atoms with Crippen molar-refractivity contribution in [2.24, 2.45) is 5.92 Å². The first-order chi connectivity index (χ1) is 5.79. The van der Waals surface area contributed by atoms with E-state index in [-0.39, 0.29) is 5.60 Å². The lowest BCUT2D eigenvalue weighted by molar-refractivity contribution is 0.116. The highest BCUT2D eigenvalue weighted by molar-refractivity contribution is 4.95. The molecule has 2 aliphatic rings. The summed E-state index contributed by atoms with van der Waals surface area (Å²) in [5.41, 5.74) is -0.239. The summed E-state index contributed by atoms with van der Waals surface area (Å²) in [4.78, 5) is 0. The standard InChI is InChI=1S/C10H19NO/c12-10(4-5-10)7-9-3-1-2-6-11-8-9/h9,11-12H,1-8H2. The van der Waals surface area contributed by atoms with E-state index >= 15 is 0 Å². The van der Waals surface area contributed by atoms with Gasteiger partial charge in [-0.25, -0.2) is 0 Å². The molecular formula is C10H19NO.